The molecule has 0 aromatic carbocycles. The Kier molecular flexibility index (Phi) is 4.17. The van der Waals surface area contributed by atoms with E-state index in [1.165, 1.54) is 0 Å². The van der Waals surface area contributed by atoms with Crippen LogP contribution in [0.3, 0.4) is 0 Å². The van der Waals surface area contributed by atoms with E-state index in [0.717, 1.165) is 55.9 Å². The fourth-order valence-electron chi connectivity index (χ4n) is 3.53. The van der Waals surface area contributed by atoms with Gasteiger partial charge in [0.05, 0.1) is 11.5 Å². The SMILES string of the molecule is CC(C)n1c2c(n(C)c1=O)C=C(OC1CCN(C)CC1)CC2. The van der Waals surface area contributed by atoms with Crippen molar-refractivity contribution in [2.45, 2.75) is 51.7 Å². The molecule has 5 heteroatoms. The van der Waals surface area contributed by atoms with Gasteiger partial charge in [0.2, 0.25) is 0 Å². The summed E-state index contributed by atoms with van der Waals surface area (Å²) in [6.45, 7) is 6.34. The second-order valence-electron chi connectivity index (χ2n) is 6.87. The molecule has 1 fully saturated rings. The molecule has 1 aromatic heterocycles. The zero-order valence-electron chi connectivity index (χ0n) is 14.1. The van der Waals surface area contributed by atoms with E-state index in [0.29, 0.717) is 6.10 Å². The first kappa shape index (κ1) is 15.4. The van der Waals surface area contributed by atoms with E-state index in [-0.39, 0.29) is 11.7 Å². The molecule has 0 spiro atoms. The Morgan fingerprint density at radius 2 is 1.86 bits per heavy atom. The van der Waals surface area contributed by atoms with E-state index in [2.05, 4.69) is 31.9 Å². The molecule has 2 heterocycles. The molecule has 3 rings (SSSR count). The average molecular weight is 305 g/mol. The van der Waals surface area contributed by atoms with Crippen LogP contribution in [-0.2, 0) is 18.2 Å². The van der Waals surface area contributed by atoms with Crippen LogP contribution in [0.2, 0.25) is 0 Å². The first-order valence-electron chi connectivity index (χ1n) is 8.33. The van der Waals surface area contributed by atoms with E-state index in [9.17, 15) is 4.79 Å². The summed E-state index contributed by atoms with van der Waals surface area (Å²) in [5, 5.41) is 0. The van der Waals surface area contributed by atoms with Crippen LogP contribution in [0.15, 0.2) is 10.6 Å². The zero-order valence-corrected chi connectivity index (χ0v) is 14.1. The standard InChI is InChI=1S/C17H27N3O2/c1-12(2)20-15-6-5-14(11-16(15)19(4)17(20)21)22-13-7-9-18(3)10-8-13/h11-13H,5-10H2,1-4H3. The van der Waals surface area contributed by atoms with Crippen molar-refractivity contribution in [3.8, 4) is 0 Å². The monoisotopic (exact) mass is 305 g/mol. The Hall–Kier alpha value is -1.49. The lowest BCUT2D eigenvalue weighted by Crippen LogP contribution is -2.34. The minimum Gasteiger partial charge on any atom is -0.495 e. The highest BCUT2D eigenvalue weighted by atomic mass is 16.5. The van der Waals surface area contributed by atoms with Crippen LogP contribution in [0, 0.1) is 0 Å². The predicted molar refractivity (Wildman–Crippen MR) is 88.0 cm³/mol. The van der Waals surface area contributed by atoms with Crippen molar-refractivity contribution < 1.29 is 4.74 Å². The molecule has 0 atom stereocenters. The van der Waals surface area contributed by atoms with Crippen molar-refractivity contribution in [3.05, 3.63) is 27.6 Å². The van der Waals surface area contributed by atoms with Gasteiger partial charge < -0.3 is 9.64 Å². The fraction of sp³-hybridized carbons (Fsp3) is 0.706. The summed E-state index contributed by atoms with van der Waals surface area (Å²) >= 11 is 0. The van der Waals surface area contributed by atoms with Crippen LogP contribution in [0.4, 0.5) is 0 Å². The average Bonchev–Trinajstić information content (AvgIpc) is 2.74. The highest BCUT2D eigenvalue weighted by molar-refractivity contribution is 5.53. The summed E-state index contributed by atoms with van der Waals surface area (Å²) < 4.78 is 9.88. The highest BCUT2D eigenvalue weighted by Gasteiger charge is 2.25. The molecular formula is C17H27N3O2. The third-order valence-electron chi connectivity index (χ3n) is 4.85. The van der Waals surface area contributed by atoms with Crippen molar-refractivity contribution in [2.24, 2.45) is 7.05 Å². The molecule has 0 unspecified atom stereocenters. The lowest BCUT2D eigenvalue weighted by atomic mass is 10.0. The molecule has 22 heavy (non-hydrogen) atoms. The number of fused-ring (bicyclic) bond motifs is 1. The number of nitrogens with zero attached hydrogens (tertiary/aromatic N) is 3. The number of hydrogen-bond donors (Lipinski definition) is 0. The van der Waals surface area contributed by atoms with E-state index in [1.54, 1.807) is 4.57 Å². The predicted octanol–water partition coefficient (Wildman–Crippen LogP) is 2.17. The normalized spacial score (nSPS) is 20.1. The molecule has 0 N–H and O–H groups in total. The quantitative estimate of drug-likeness (QED) is 0.859. The van der Waals surface area contributed by atoms with Gasteiger partial charge in [0.15, 0.2) is 0 Å². The maximum absolute atomic E-state index is 12.4. The number of likely N-dealkylation sites (tertiary alicyclic amines) is 1. The van der Waals surface area contributed by atoms with Crippen molar-refractivity contribution in [1.82, 2.24) is 14.0 Å². The molecule has 0 bridgehead atoms. The topological polar surface area (TPSA) is 39.4 Å². The number of ether oxygens (including phenoxy) is 1. The highest BCUT2D eigenvalue weighted by Crippen LogP contribution is 2.27. The maximum Gasteiger partial charge on any atom is 0.328 e. The lowest BCUT2D eigenvalue weighted by molar-refractivity contribution is 0.0550. The van der Waals surface area contributed by atoms with Gasteiger partial charge in [-0.05, 0) is 40.2 Å². The molecule has 1 aliphatic heterocycles. The van der Waals surface area contributed by atoms with E-state index < -0.39 is 0 Å². The minimum absolute atomic E-state index is 0.0804. The van der Waals surface area contributed by atoms with Gasteiger partial charge in [-0.15, -0.1) is 0 Å². The summed E-state index contributed by atoms with van der Waals surface area (Å²) in [6.07, 6.45) is 6.38. The van der Waals surface area contributed by atoms with E-state index in [1.807, 2.05) is 11.6 Å². The fourth-order valence-corrected chi connectivity index (χ4v) is 3.53. The second-order valence-corrected chi connectivity index (χ2v) is 6.87. The lowest BCUT2D eigenvalue weighted by Gasteiger charge is -2.30. The Balaban J connectivity index is 1.82. The van der Waals surface area contributed by atoms with Gasteiger partial charge in [-0.25, -0.2) is 4.79 Å². The first-order chi connectivity index (χ1) is 10.5. The van der Waals surface area contributed by atoms with Crippen molar-refractivity contribution in [3.63, 3.8) is 0 Å². The van der Waals surface area contributed by atoms with Gasteiger partial charge in [0.1, 0.15) is 6.10 Å². The summed E-state index contributed by atoms with van der Waals surface area (Å²) in [5.74, 6) is 1.04. The minimum atomic E-state index is 0.0804. The van der Waals surface area contributed by atoms with Gasteiger partial charge in [-0.1, -0.05) is 0 Å². The van der Waals surface area contributed by atoms with Crippen LogP contribution < -0.4 is 5.69 Å². The van der Waals surface area contributed by atoms with E-state index >= 15 is 0 Å². The van der Waals surface area contributed by atoms with Gasteiger partial charge >= 0.3 is 5.69 Å². The Labute approximate surface area is 132 Å². The van der Waals surface area contributed by atoms with E-state index in [4.69, 9.17) is 4.74 Å². The van der Waals surface area contributed by atoms with Gasteiger partial charge in [0.25, 0.3) is 0 Å². The number of aromatic nitrogens is 2. The second kappa shape index (κ2) is 5.95. The third kappa shape index (κ3) is 2.74. The third-order valence-corrected chi connectivity index (χ3v) is 4.85. The summed E-state index contributed by atoms with van der Waals surface area (Å²) in [6, 6.07) is 0.201. The Morgan fingerprint density at radius 3 is 2.50 bits per heavy atom. The van der Waals surface area contributed by atoms with Crippen LogP contribution >= 0.6 is 0 Å². The molecule has 122 valence electrons. The molecule has 2 aliphatic rings. The van der Waals surface area contributed by atoms with Crippen LogP contribution in [0.25, 0.3) is 6.08 Å². The number of piperidine rings is 1. The number of hydrogen-bond acceptors (Lipinski definition) is 3. The largest absolute Gasteiger partial charge is 0.495 e. The summed E-state index contributed by atoms with van der Waals surface area (Å²) in [4.78, 5) is 14.7. The molecule has 1 aromatic rings. The van der Waals surface area contributed by atoms with Gasteiger partial charge in [0, 0.05) is 44.4 Å². The Bertz CT molecular complexity index is 631. The van der Waals surface area contributed by atoms with Crippen molar-refractivity contribution in [2.75, 3.05) is 20.1 Å². The van der Waals surface area contributed by atoms with Crippen LogP contribution in [-0.4, -0.2) is 40.3 Å². The number of imidazole rings is 1. The molecular weight excluding hydrogens is 278 g/mol. The summed E-state index contributed by atoms with van der Waals surface area (Å²) in [5.41, 5.74) is 2.25. The molecule has 0 radical (unpaired) electrons. The molecule has 0 amide bonds. The molecule has 1 saturated heterocycles. The molecule has 1 aliphatic carbocycles. The smallest absolute Gasteiger partial charge is 0.328 e. The Morgan fingerprint density at radius 1 is 1.18 bits per heavy atom. The maximum atomic E-state index is 12.4. The zero-order chi connectivity index (χ0) is 15.9. The first-order valence-corrected chi connectivity index (χ1v) is 8.33. The van der Waals surface area contributed by atoms with Crippen LogP contribution in [0.5, 0.6) is 0 Å². The van der Waals surface area contributed by atoms with Crippen molar-refractivity contribution >= 4 is 6.08 Å². The van der Waals surface area contributed by atoms with Gasteiger partial charge in [-0.3, -0.25) is 9.13 Å². The summed E-state index contributed by atoms with van der Waals surface area (Å²) in [7, 11) is 4.02. The number of allylic oxidation sites excluding steroid dienone is 1. The number of rotatable bonds is 3. The molecule has 0 saturated carbocycles. The molecule has 5 nitrogen and oxygen atoms in total. The van der Waals surface area contributed by atoms with Crippen LogP contribution in [0.1, 0.15) is 50.5 Å². The van der Waals surface area contributed by atoms with Crippen molar-refractivity contribution in [1.29, 1.82) is 0 Å². The van der Waals surface area contributed by atoms with Gasteiger partial charge in [-0.2, -0.15) is 0 Å².